The van der Waals surface area contributed by atoms with Crippen LogP contribution in [0.4, 0.5) is 0 Å². The standard InChI is InChI=1S/C20H34N2O4S/c1-8-13(9-2)16(23)21-14-11(4)10(3)12(5)18-22(17(14)24)15(19(25)26)20(6,7)27-18/h10-15,18H,8-9H2,1-7H3,(H,21,23)(H,25,26). The Labute approximate surface area is 166 Å². The topological polar surface area (TPSA) is 86.7 Å². The van der Waals surface area contributed by atoms with Gasteiger partial charge in [0.1, 0.15) is 12.1 Å². The van der Waals surface area contributed by atoms with Crippen molar-refractivity contribution in [2.45, 2.75) is 83.5 Å². The highest BCUT2D eigenvalue weighted by Gasteiger charge is 2.58. The summed E-state index contributed by atoms with van der Waals surface area (Å²) in [7, 11) is 0. The molecule has 2 rings (SSSR count). The molecule has 154 valence electrons. The van der Waals surface area contributed by atoms with E-state index in [4.69, 9.17) is 0 Å². The number of carboxylic acid groups (broad SMARTS) is 1. The third-order valence-corrected chi connectivity index (χ3v) is 8.41. The fraction of sp³-hybridized carbons (Fsp3) is 0.850. The number of amides is 2. The number of hydrogen-bond donors (Lipinski definition) is 2. The van der Waals surface area contributed by atoms with E-state index >= 15 is 0 Å². The van der Waals surface area contributed by atoms with Crippen molar-refractivity contribution in [2.75, 3.05) is 0 Å². The smallest absolute Gasteiger partial charge is 0.327 e. The molecule has 2 aliphatic heterocycles. The molecule has 2 fully saturated rings. The van der Waals surface area contributed by atoms with Crippen molar-refractivity contribution in [1.82, 2.24) is 10.2 Å². The van der Waals surface area contributed by atoms with Crippen LogP contribution in [0.2, 0.25) is 0 Å². The van der Waals surface area contributed by atoms with Gasteiger partial charge < -0.3 is 15.3 Å². The van der Waals surface area contributed by atoms with Crippen LogP contribution in [0.25, 0.3) is 0 Å². The molecule has 2 amide bonds. The van der Waals surface area contributed by atoms with E-state index in [0.717, 1.165) is 12.8 Å². The molecular formula is C20H34N2O4S. The Morgan fingerprint density at radius 2 is 1.70 bits per heavy atom. The fourth-order valence-electron chi connectivity index (χ4n) is 4.50. The van der Waals surface area contributed by atoms with Gasteiger partial charge in [0, 0.05) is 10.7 Å². The Hall–Kier alpha value is -1.24. The summed E-state index contributed by atoms with van der Waals surface area (Å²) >= 11 is 1.57. The number of hydrogen-bond acceptors (Lipinski definition) is 4. The highest BCUT2D eigenvalue weighted by atomic mass is 32.2. The minimum Gasteiger partial charge on any atom is -0.480 e. The average Bonchev–Trinajstić information content (AvgIpc) is 2.86. The summed E-state index contributed by atoms with van der Waals surface area (Å²) in [5.41, 5.74) is 0. The van der Waals surface area contributed by atoms with Crippen molar-refractivity contribution in [1.29, 1.82) is 0 Å². The zero-order valence-corrected chi connectivity index (χ0v) is 18.3. The summed E-state index contributed by atoms with van der Waals surface area (Å²) in [5, 5.41) is 12.6. The summed E-state index contributed by atoms with van der Waals surface area (Å²) in [5.74, 6) is -1.23. The molecule has 0 aromatic carbocycles. The van der Waals surface area contributed by atoms with Gasteiger partial charge in [-0.3, -0.25) is 9.59 Å². The Morgan fingerprint density at radius 1 is 1.15 bits per heavy atom. The Balaban J connectivity index is 2.43. The van der Waals surface area contributed by atoms with Crippen molar-refractivity contribution in [3.63, 3.8) is 0 Å². The molecule has 0 aromatic rings. The maximum absolute atomic E-state index is 13.5. The van der Waals surface area contributed by atoms with Gasteiger partial charge in [0.2, 0.25) is 11.8 Å². The summed E-state index contributed by atoms with van der Waals surface area (Å²) < 4.78 is -0.579. The second-order valence-corrected chi connectivity index (χ2v) is 10.4. The van der Waals surface area contributed by atoms with E-state index in [2.05, 4.69) is 19.2 Å². The molecule has 2 aliphatic rings. The highest BCUT2D eigenvalue weighted by molar-refractivity contribution is 8.01. The van der Waals surface area contributed by atoms with Crippen molar-refractivity contribution in [3.8, 4) is 0 Å². The summed E-state index contributed by atoms with van der Waals surface area (Å²) in [6.45, 7) is 13.9. The lowest BCUT2D eigenvalue weighted by Crippen LogP contribution is -2.57. The molecule has 0 aromatic heterocycles. The first-order valence-corrected chi connectivity index (χ1v) is 10.9. The predicted octanol–water partition coefficient (Wildman–Crippen LogP) is 2.96. The maximum atomic E-state index is 13.5. The minimum atomic E-state index is -0.983. The van der Waals surface area contributed by atoms with E-state index < -0.39 is 22.8 Å². The summed E-state index contributed by atoms with van der Waals surface area (Å²) in [4.78, 5) is 39.8. The average molecular weight is 399 g/mol. The van der Waals surface area contributed by atoms with Crippen LogP contribution in [-0.4, -0.2) is 50.0 Å². The zero-order valence-electron chi connectivity index (χ0n) is 17.5. The third kappa shape index (κ3) is 3.84. The Kier molecular flexibility index (Phi) is 6.55. The fourth-order valence-corrected chi connectivity index (χ4v) is 6.26. The van der Waals surface area contributed by atoms with Gasteiger partial charge >= 0.3 is 5.97 Å². The largest absolute Gasteiger partial charge is 0.480 e. The van der Waals surface area contributed by atoms with E-state index in [-0.39, 0.29) is 40.9 Å². The van der Waals surface area contributed by atoms with E-state index in [1.807, 2.05) is 34.6 Å². The molecule has 7 heteroatoms. The second-order valence-electron chi connectivity index (χ2n) is 8.68. The lowest BCUT2D eigenvalue weighted by Gasteiger charge is -2.33. The van der Waals surface area contributed by atoms with E-state index in [0.29, 0.717) is 0 Å². The monoisotopic (exact) mass is 398 g/mol. The lowest BCUT2D eigenvalue weighted by molar-refractivity contribution is -0.152. The molecule has 0 saturated carbocycles. The number of carbonyl (C=O) groups is 3. The van der Waals surface area contributed by atoms with Gasteiger partial charge in [-0.15, -0.1) is 11.8 Å². The van der Waals surface area contributed by atoms with Gasteiger partial charge in [0.05, 0.1) is 5.37 Å². The summed E-state index contributed by atoms with van der Waals surface area (Å²) in [6.07, 6.45) is 1.44. The normalized spacial score (nSPS) is 35.7. The molecule has 6 atom stereocenters. The van der Waals surface area contributed by atoms with Crippen molar-refractivity contribution in [3.05, 3.63) is 0 Å². The molecule has 2 saturated heterocycles. The molecule has 0 radical (unpaired) electrons. The van der Waals surface area contributed by atoms with Crippen LogP contribution in [0, 0.1) is 23.7 Å². The molecular weight excluding hydrogens is 364 g/mol. The van der Waals surface area contributed by atoms with Crippen molar-refractivity contribution >= 4 is 29.5 Å². The number of carboxylic acids is 1. The quantitative estimate of drug-likeness (QED) is 0.743. The van der Waals surface area contributed by atoms with Gasteiger partial charge in [0.15, 0.2) is 0 Å². The van der Waals surface area contributed by atoms with Gasteiger partial charge in [0.25, 0.3) is 0 Å². The van der Waals surface area contributed by atoms with Gasteiger partial charge in [-0.25, -0.2) is 4.79 Å². The van der Waals surface area contributed by atoms with E-state index in [9.17, 15) is 19.5 Å². The number of carbonyl (C=O) groups excluding carboxylic acids is 2. The van der Waals surface area contributed by atoms with Crippen LogP contribution in [0.3, 0.4) is 0 Å². The van der Waals surface area contributed by atoms with Crippen LogP contribution < -0.4 is 5.32 Å². The SMILES string of the molecule is CCC(CC)C(=O)NC1C(=O)N2C(SC(C)(C)C2C(=O)O)C(C)C(C)C1C. The van der Waals surface area contributed by atoms with E-state index in [1.165, 1.54) is 0 Å². The van der Waals surface area contributed by atoms with Crippen LogP contribution >= 0.6 is 11.8 Å². The van der Waals surface area contributed by atoms with Crippen LogP contribution in [0.1, 0.15) is 61.3 Å². The predicted molar refractivity (Wildman–Crippen MR) is 107 cm³/mol. The Bertz CT molecular complexity index is 605. The van der Waals surface area contributed by atoms with Crippen molar-refractivity contribution in [2.24, 2.45) is 23.7 Å². The minimum absolute atomic E-state index is 0.0606. The highest BCUT2D eigenvalue weighted by Crippen LogP contribution is 2.51. The molecule has 2 N–H and O–H groups in total. The molecule has 0 bridgehead atoms. The molecule has 6 nitrogen and oxygen atoms in total. The molecule has 2 heterocycles. The third-order valence-electron chi connectivity index (χ3n) is 6.68. The van der Waals surface area contributed by atoms with Crippen LogP contribution in [-0.2, 0) is 14.4 Å². The molecule has 6 unspecified atom stereocenters. The summed E-state index contributed by atoms with van der Waals surface area (Å²) in [6, 6.07) is -1.58. The molecule has 0 spiro atoms. The molecule has 0 aliphatic carbocycles. The number of rotatable bonds is 5. The Morgan fingerprint density at radius 3 is 2.19 bits per heavy atom. The number of aliphatic carboxylic acids is 1. The van der Waals surface area contributed by atoms with Crippen molar-refractivity contribution < 1.29 is 19.5 Å². The number of thioether (sulfide) groups is 1. The number of nitrogens with zero attached hydrogens (tertiary/aromatic N) is 1. The first-order valence-electron chi connectivity index (χ1n) is 10.0. The van der Waals surface area contributed by atoms with Crippen LogP contribution in [0.15, 0.2) is 0 Å². The van der Waals surface area contributed by atoms with Crippen LogP contribution in [0.5, 0.6) is 0 Å². The second kappa shape index (κ2) is 8.02. The van der Waals surface area contributed by atoms with Gasteiger partial charge in [-0.1, -0.05) is 34.6 Å². The number of nitrogens with one attached hydrogen (secondary N) is 1. The molecule has 27 heavy (non-hydrogen) atoms. The van der Waals surface area contributed by atoms with E-state index in [1.54, 1.807) is 16.7 Å². The number of fused-ring (bicyclic) bond motifs is 1. The van der Waals surface area contributed by atoms with Gasteiger partial charge in [-0.2, -0.15) is 0 Å². The van der Waals surface area contributed by atoms with Gasteiger partial charge in [-0.05, 0) is 44.4 Å². The maximum Gasteiger partial charge on any atom is 0.327 e. The first-order chi connectivity index (χ1) is 12.5. The lowest BCUT2D eigenvalue weighted by atomic mass is 9.81. The first kappa shape index (κ1) is 22.1. The zero-order chi connectivity index (χ0) is 20.7.